The molecule has 1 amide bonds. The molecule has 5 rings (SSSR count). The highest BCUT2D eigenvalue weighted by Gasteiger charge is 2.29. The van der Waals surface area contributed by atoms with Crippen molar-refractivity contribution >= 4 is 16.8 Å². The van der Waals surface area contributed by atoms with Gasteiger partial charge in [0, 0.05) is 46.9 Å². The monoisotopic (exact) mass is 418 g/mol. The number of nitrogens with zero attached hydrogens (tertiary/aromatic N) is 4. The Morgan fingerprint density at radius 1 is 1.23 bits per heavy atom. The van der Waals surface area contributed by atoms with Gasteiger partial charge in [0.15, 0.2) is 0 Å². The zero-order valence-electron chi connectivity index (χ0n) is 17.2. The van der Waals surface area contributed by atoms with Gasteiger partial charge in [-0.1, -0.05) is 18.2 Å². The van der Waals surface area contributed by atoms with Crippen LogP contribution in [-0.2, 0) is 4.79 Å². The van der Waals surface area contributed by atoms with Crippen molar-refractivity contribution in [3.8, 4) is 22.5 Å². The summed E-state index contributed by atoms with van der Waals surface area (Å²) in [6.45, 7) is 1.86. The lowest BCUT2D eigenvalue weighted by Crippen LogP contribution is -2.32. The minimum Gasteiger partial charge on any atom is -0.361 e. The number of carbonyl (C=O) groups excluding carboxylic acids is 1. The maximum Gasteiger partial charge on any atom is 0.219 e. The average Bonchev–Trinajstić information content (AvgIpc) is 3.54. The number of fused-ring (bicyclic) bond motifs is 1. The van der Waals surface area contributed by atoms with Crippen LogP contribution in [0.3, 0.4) is 0 Å². The zero-order valence-corrected chi connectivity index (χ0v) is 17.2. The predicted octanol–water partition coefficient (Wildman–Crippen LogP) is 4.25. The van der Waals surface area contributed by atoms with Gasteiger partial charge in [0.25, 0.3) is 0 Å². The van der Waals surface area contributed by atoms with Gasteiger partial charge in [0.2, 0.25) is 5.91 Å². The summed E-state index contributed by atoms with van der Waals surface area (Å²) in [4.78, 5) is 19.3. The molecule has 8 heteroatoms. The summed E-state index contributed by atoms with van der Waals surface area (Å²) in [5, 5.41) is 12.0. The molecule has 0 unspecified atom stereocenters. The first kappa shape index (κ1) is 19.4. The minimum atomic E-state index is -0.258. The zero-order chi connectivity index (χ0) is 21.4. The van der Waals surface area contributed by atoms with E-state index < -0.39 is 0 Å². The molecule has 1 aliphatic rings. The molecule has 0 spiro atoms. The third-order valence-electron chi connectivity index (χ3n) is 6.02. The van der Waals surface area contributed by atoms with E-state index in [4.69, 9.17) is 0 Å². The molecule has 0 saturated heterocycles. The number of carbonyl (C=O) groups is 1. The van der Waals surface area contributed by atoms with E-state index in [2.05, 4.69) is 25.6 Å². The molecule has 0 radical (unpaired) electrons. The molecule has 2 atom stereocenters. The highest BCUT2D eigenvalue weighted by Crippen LogP contribution is 2.33. The number of aromatic amines is 1. The molecule has 1 saturated carbocycles. The summed E-state index contributed by atoms with van der Waals surface area (Å²) < 4.78 is 16.8. The summed E-state index contributed by atoms with van der Waals surface area (Å²) in [6.07, 6.45) is 8.27. The number of hydrogen-bond acceptors (Lipinski definition) is 4. The fourth-order valence-corrected chi connectivity index (χ4v) is 4.36. The summed E-state index contributed by atoms with van der Waals surface area (Å²) in [7, 11) is 0. The van der Waals surface area contributed by atoms with Crippen LogP contribution in [0.15, 0.2) is 48.9 Å². The third kappa shape index (κ3) is 3.58. The SMILES string of the molecule is CCC(=O)N[C@H]1CC[C@@H](n2nncc2-c2ccc(-c3ccc4[nH]ccc4c3F)cn2)C1. The van der Waals surface area contributed by atoms with Gasteiger partial charge in [0.1, 0.15) is 11.5 Å². The van der Waals surface area contributed by atoms with E-state index >= 15 is 0 Å². The van der Waals surface area contributed by atoms with E-state index in [1.54, 1.807) is 30.7 Å². The Hall–Kier alpha value is -3.55. The van der Waals surface area contributed by atoms with Gasteiger partial charge in [0.05, 0.1) is 17.9 Å². The molecule has 1 fully saturated rings. The van der Waals surface area contributed by atoms with E-state index in [1.165, 1.54) is 0 Å². The van der Waals surface area contributed by atoms with Crippen molar-refractivity contribution in [1.29, 1.82) is 0 Å². The lowest BCUT2D eigenvalue weighted by molar-refractivity contribution is -0.121. The molecular weight excluding hydrogens is 395 g/mol. The van der Waals surface area contributed by atoms with Crippen molar-refractivity contribution in [3.05, 3.63) is 54.7 Å². The Kier molecular flexibility index (Phi) is 4.97. The fraction of sp³-hybridized carbons (Fsp3) is 0.304. The number of nitrogens with one attached hydrogen (secondary N) is 2. The highest BCUT2D eigenvalue weighted by molar-refractivity contribution is 5.86. The number of hydrogen-bond donors (Lipinski definition) is 2. The third-order valence-corrected chi connectivity index (χ3v) is 6.02. The van der Waals surface area contributed by atoms with Crippen LogP contribution in [0.1, 0.15) is 38.6 Å². The van der Waals surface area contributed by atoms with Crippen molar-refractivity contribution in [2.45, 2.75) is 44.7 Å². The van der Waals surface area contributed by atoms with Gasteiger partial charge in [-0.3, -0.25) is 9.78 Å². The molecule has 31 heavy (non-hydrogen) atoms. The van der Waals surface area contributed by atoms with E-state index in [0.717, 1.165) is 36.2 Å². The fourth-order valence-electron chi connectivity index (χ4n) is 4.36. The number of amides is 1. The van der Waals surface area contributed by atoms with E-state index in [9.17, 15) is 9.18 Å². The van der Waals surface area contributed by atoms with Crippen LogP contribution >= 0.6 is 0 Å². The number of rotatable bonds is 5. The molecule has 3 aromatic heterocycles. The van der Waals surface area contributed by atoms with Crippen molar-refractivity contribution in [3.63, 3.8) is 0 Å². The standard InChI is InChI=1S/C23H23FN6O/c1-2-22(31)28-15-4-5-16(11-15)30-21(13-27-29-30)20-7-3-14(12-26-20)17-6-8-19-18(23(17)24)9-10-25-19/h3,6-10,12-13,15-16,25H,2,4-5,11H2,1H3,(H,28,31)/t15-,16+/m0/s1. The highest BCUT2D eigenvalue weighted by atomic mass is 19.1. The summed E-state index contributed by atoms with van der Waals surface area (Å²) in [6, 6.07) is 9.43. The molecule has 1 aliphatic carbocycles. The second-order valence-electron chi connectivity index (χ2n) is 7.95. The Morgan fingerprint density at radius 2 is 2.13 bits per heavy atom. The molecule has 158 valence electrons. The molecule has 0 bridgehead atoms. The number of benzene rings is 1. The lowest BCUT2D eigenvalue weighted by atomic mass is 10.0. The lowest BCUT2D eigenvalue weighted by Gasteiger charge is -2.15. The van der Waals surface area contributed by atoms with Gasteiger partial charge in [-0.2, -0.15) is 0 Å². The smallest absolute Gasteiger partial charge is 0.219 e. The van der Waals surface area contributed by atoms with Crippen molar-refractivity contribution in [2.24, 2.45) is 0 Å². The average molecular weight is 418 g/mol. The maximum absolute atomic E-state index is 14.9. The molecule has 1 aromatic carbocycles. The van der Waals surface area contributed by atoms with E-state index in [0.29, 0.717) is 22.9 Å². The summed E-state index contributed by atoms with van der Waals surface area (Å²) in [5.41, 5.74) is 3.55. The van der Waals surface area contributed by atoms with E-state index in [1.807, 2.05) is 29.8 Å². The van der Waals surface area contributed by atoms with Crippen LogP contribution < -0.4 is 5.32 Å². The molecule has 0 aliphatic heterocycles. The van der Waals surface area contributed by atoms with Crippen LogP contribution in [0.2, 0.25) is 0 Å². The minimum absolute atomic E-state index is 0.0757. The van der Waals surface area contributed by atoms with Gasteiger partial charge in [-0.25, -0.2) is 9.07 Å². The van der Waals surface area contributed by atoms with Crippen molar-refractivity contribution in [2.75, 3.05) is 0 Å². The van der Waals surface area contributed by atoms with Crippen LogP contribution in [0.25, 0.3) is 33.4 Å². The van der Waals surface area contributed by atoms with Crippen LogP contribution in [0.5, 0.6) is 0 Å². The Morgan fingerprint density at radius 3 is 2.94 bits per heavy atom. The molecular formula is C23H23FN6O. The maximum atomic E-state index is 14.9. The number of H-pyrrole nitrogens is 1. The Balaban J connectivity index is 1.38. The molecule has 7 nitrogen and oxygen atoms in total. The summed E-state index contributed by atoms with van der Waals surface area (Å²) >= 11 is 0. The van der Waals surface area contributed by atoms with Gasteiger partial charge < -0.3 is 10.3 Å². The first-order valence-electron chi connectivity index (χ1n) is 10.6. The van der Waals surface area contributed by atoms with E-state index in [-0.39, 0.29) is 23.8 Å². The second kappa shape index (κ2) is 7.94. The largest absolute Gasteiger partial charge is 0.361 e. The summed E-state index contributed by atoms with van der Waals surface area (Å²) in [5.74, 6) is -0.182. The number of halogens is 1. The number of pyridine rings is 1. The van der Waals surface area contributed by atoms with Gasteiger partial charge >= 0.3 is 0 Å². The van der Waals surface area contributed by atoms with Gasteiger partial charge in [-0.15, -0.1) is 5.10 Å². The Bertz CT molecular complexity index is 1230. The molecule has 4 aromatic rings. The number of aromatic nitrogens is 5. The van der Waals surface area contributed by atoms with Gasteiger partial charge in [-0.05, 0) is 43.5 Å². The first-order chi connectivity index (χ1) is 15.1. The van der Waals surface area contributed by atoms with Crippen molar-refractivity contribution < 1.29 is 9.18 Å². The Labute approximate surface area is 178 Å². The second-order valence-corrected chi connectivity index (χ2v) is 7.95. The van der Waals surface area contributed by atoms with Crippen LogP contribution in [0.4, 0.5) is 4.39 Å². The van der Waals surface area contributed by atoms with Crippen LogP contribution in [-0.4, -0.2) is 36.9 Å². The molecule has 2 N–H and O–H groups in total. The van der Waals surface area contributed by atoms with Crippen LogP contribution in [0, 0.1) is 5.82 Å². The topological polar surface area (TPSA) is 88.5 Å². The normalized spacial score (nSPS) is 18.5. The quantitative estimate of drug-likeness (QED) is 0.507. The predicted molar refractivity (Wildman–Crippen MR) is 116 cm³/mol. The molecule has 3 heterocycles. The van der Waals surface area contributed by atoms with Crippen molar-refractivity contribution in [1.82, 2.24) is 30.3 Å². The first-order valence-corrected chi connectivity index (χ1v) is 10.6.